The van der Waals surface area contributed by atoms with Crippen molar-refractivity contribution in [1.82, 2.24) is 14.9 Å². The number of benzene rings is 1. The Balaban J connectivity index is 1.68. The first-order valence-corrected chi connectivity index (χ1v) is 8.44. The zero-order valence-electron chi connectivity index (χ0n) is 14.1. The lowest BCUT2D eigenvalue weighted by molar-refractivity contribution is 0.0697. The topological polar surface area (TPSA) is 66.3 Å². The second-order valence-corrected chi connectivity index (χ2v) is 6.61. The van der Waals surface area contributed by atoms with Crippen LogP contribution in [0, 0.1) is 0 Å². The van der Waals surface area contributed by atoms with E-state index < -0.39 is 5.97 Å². The third-order valence-electron chi connectivity index (χ3n) is 4.78. The van der Waals surface area contributed by atoms with Crippen molar-refractivity contribution < 1.29 is 9.90 Å². The van der Waals surface area contributed by atoms with Crippen LogP contribution in [-0.2, 0) is 0 Å². The Labute approximate surface area is 142 Å². The van der Waals surface area contributed by atoms with E-state index in [1.165, 1.54) is 0 Å². The molecule has 2 aromatic rings. The van der Waals surface area contributed by atoms with Gasteiger partial charge in [-0.1, -0.05) is 12.1 Å². The first-order valence-electron chi connectivity index (χ1n) is 8.44. The second-order valence-electron chi connectivity index (χ2n) is 6.61. The monoisotopic (exact) mass is 325 g/mol. The third kappa shape index (κ3) is 3.62. The molecule has 1 aromatic carbocycles. The number of hydrogen-bond donors (Lipinski definition) is 1. The van der Waals surface area contributed by atoms with Gasteiger partial charge in [0.15, 0.2) is 0 Å². The highest BCUT2D eigenvalue weighted by Gasteiger charge is 2.23. The SMILES string of the molecule is CC(C)N1CCC(c2cnc(-c3ccc(C(=O)O)cc3)cn2)CC1. The number of nitrogens with zero attached hydrogens (tertiary/aromatic N) is 3. The molecule has 5 nitrogen and oxygen atoms in total. The first-order chi connectivity index (χ1) is 11.5. The number of carboxylic acids is 1. The average Bonchev–Trinajstić information content (AvgIpc) is 2.62. The van der Waals surface area contributed by atoms with Gasteiger partial charge in [-0.2, -0.15) is 0 Å². The van der Waals surface area contributed by atoms with Crippen molar-refractivity contribution in [2.45, 2.75) is 38.6 Å². The number of carboxylic acid groups (broad SMARTS) is 1. The maximum Gasteiger partial charge on any atom is 0.335 e. The van der Waals surface area contributed by atoms with Crippen molar-refractivity contribution in [2.75, 3.05) is 13.1 Å². The lowest BCUT2D eigenvalue weighted by Crippen LogP contribution is -2.38. The van der Waals surface area contributed by atoms with Gasteiger partial charge in [0.1, 0.15) is 0 Å². The van der Waals surface area contributed by atoms with Gasteiger partial charge < -0.3 is 10.0 Å². The molecule has 1 aliphatic rings. The predicted molar refractivity (Wildman–Crippen MR) is 93.1 cm³/mol. The zero-order chi connectivity index (χ0) is 17.1. The van der Waals surface area contributed by atoms with Gasteiger partial charge in [0.2, 0.25) is 0 Å². The van der Waals surface area contributed by atoms with E-state index in [0.29, 0.717) is 12.0 Å². The fraction of sp³-hybridized carbons (Fsp3) is 0.421. The van der Waals surface area contributed by atoms with Crippen LogP contribution in [0.1, 0.15) is 48.7 Å². The summed E-state index contributed by atoms with van der Waals surface area (Å²) in [6.07, 6.45) is 5.91. The van der Waals surface area contributed by atoms with E-state index in [1.54, 1.807) is 30.5 Å². The standard InChI is InChI=1S/C19H23N3O2/c1-13(2)22-9-7-15(8-10-22)18-12-20-17(11-21-18)14-3-5-16(6-4-14)19(23)24/h3-6,11-13,15H,7-10H2,1-2H3,(H,23,24). The Morgan fingerprint density at radius 2 is 1.79 bits per heavy atom. The van der Waals surface area contributed by atoms with Crippen LogP contribution in [0.25, 0.3) is 11.3 Å². The van der Waals surface area contributed by atoms with Crippen LogP contribution in [0.4, 0.5) is 0 Å². The van der Waals surface area contributed by atoms with Crippen LogP contribution < -0.4 is 0 Å². The number of piperidine rings is 1. The number of aromatic nitrogens is 2. The van der Waals surface area contributed by atoms with Crippen LogP contribution in [0.5, 0.6) is 0 Å². The van der Waals surface area contributed by atoms with E-state index >= 15 is 0 Å². The fourth-order valence-corrected chi connectivity index (χ4v) is 3.19. The minimum absolute atomic E-state index is 0.278. The largest absolute Gasteiger partial charge is 0.478 e. The molecule has 1 aromatic heterocycles. The van der Waals surface area contributed by atoms with Gasteiger partial charge in [0.05, 0.1) is 23.1 Å². The number of rotatable bonds is 4. The van der Waals surface area contributed by atoms with E-state index in [-0.39, 0.29) is 5.56 Å². The number of carbonyl (C=O) groups is 1. The molecule has 5 heteroatoms. The van der Waals surface area contributed by atoms with Crippen LogP contribution in [-0.4, -0.2) is 45.1 Å². The highest BCUT2D eigenvalue weighted by atomic mass is 16.4. The molecule has 1 saturated heterocycles. The predicted octanol–water partition coefficient (Wildman–Crippen LogP) is 3.43. The maximum absolute atomic E-state index is 10.9. The lowest BCUT2D eigenvalue weighted by Gasteiger charge is -2.34. The van der Waals surface area contributed by atoms with Crippen LogP contribution >= 0.6 is 0 Å². The van der Waals surface area contributed by atoms with Crippen molar-refractivity contribution in [1.29, 1.82) is 0 Å². The Kier molecular flexibility index (Phi) is 4.90. The molecule has 0 atom stereocenters. The fourth-order valence-electron chi connectivity index (χ4n) is 3.19. The molecule has 24 heavy (non-hydrogen) atoms. The highest BCUT2D eigenvalue weighted by molar-refractivity contribution is 5.88. The maximum atomic E-state index is 10.9. The molecule has 1 N–H and O–H groups in total. The van der Waals surface area contributed by atoms with Gasteiger partial charge in [-0.25, -0.2) is 4.79 Å². The summed E-state index contributed by atoms with van der Waals surface area (Å²) >= 11 is 0. The highest BCUT2D eigenvalue weighted by Crippen LogP contribution is 2.28. The van der Waals surface area contributed by atoms with Crippen molar-refractivity contribution >= 4 is 5.97 Å². The van der Waals surface area contributed by atoms with E-state index in [2.05, 4.69) is 28.7 Å². The van der Waals surface area contributed by atoms with Crippen molar-refractivity contribution in [2.24, 2.45) is 0 Å². The molecular formula is C19H23N3O2. The molecule has 0 unspecified atom stereocenters. The third-order valence-corrected chi connectivity index (χ3v) is 4.78. The minimum atomic E-state index is -0.921. The van der Waals surface area contributed by atoms with Gasteiger partial charge in [-0.3, -0.25) is 9.97 Å². The van der Waals surface area contributed by atoms with Gasteiger partial charge >= 0.3 is 5.97 Å². The summed E-state index contributed by atoms with van der Waals surface area (Å²) in [6.45, 7) is 6.71. The normalized spacial score (nSPS) is 16.5. The number of hydrogen-bond acceptors (Lipinski definition) is 4. The Hall–Kier alpha value is -2.27. The molecule has 0 radical (unpaired) electrons. The number of likely N-dealkylation sites (tertiary alicyclic amines) is 1. The van der Waals surface area contributed by atoms with E-state index in [9.17, 15) is 4.79 Å². The lowest BCUT2D eigenvalue weighted by atomic mass is 9.93. The molecule has 0 aliphatic carbocycles. The summed E-state index contributed by atoms with van der Waals surface area (Å²) < 4.78 is 0. The molecule has 2 heterocycles. The number of aromatic carboxylic acids is 1. The van der Waals surface area contributed by atoms with E-state index in [4.69, 9.17) is 5.11 Å². The zero-order valence-corrected chi connectivity index (χ0v) is 14.1. The molecule has 0 spiro atoms. The van der Waals surface area contributed by atoms with Crippen molar-refractivity contribution in [3.63, 3.8) is 0 Å². The molecular weight excluding hydrogens is 302 g/mol. The Bertz CT molecular complexity index is 688. The molecule has 0 saturated carbocycles. The summed E-state index contributed by atoms with van der Waals surface area (Å²) in [4.78, 5) is 22.5. The van der Waals surface area contributed by atoms with E-state index in [0.717, 1.165) is 42.9 Å². The van der Waals surface area contributed by atoms with Gasteiger partial charge in [-0.15, -0.1) is 0 Å². The second kappa shape index (κ2) is 7.09. The molecule has 126 valence electrons. The van der Waals surface area contributed by atoms with Gasteiger partial charge in [0.25, 0.3) is 0 Å². The molecule has 0 amide bonds. The molecule has 0 bridgehead atoms. The van der Waals surface area contributed by atoms with Crippen molar-refractivity contribution in [3.05, 3.63) is 47.9 Å². The van der Waals surface area contributed by atoms with Crippen LogP contribution in [0.2, 0.25) is 0 Å². The Morgan fingerprint density at radius 3 is 2.29 bits per heavy atom. The quantitative estimate of drug-likeness (QED) is 0.933. The first kappa shape index (κ1) is 16.6. The molecule has 3 rings (SSSR count). The smallest absolute Gasteiger partial charge is 0.335 e. The summed E-state index contributed by atoms with van der Waals surface area (Å²) in [5.74, 6) is -0.438. The summed E-state index contributed by atoms with van der Waals surface area (Å²) in [6, 6.07) is 7.33. The average molecular weight is 325 g/mol. The van der Waals surface area contributed by atoms with Crippen LogP contribution in [0.15, 0.2) is 36.7 Å². The van der Waals surface area contributed by atoms with E-state index in [1.807, 2.05) is 6.20 Å². The van der Waals surface area contributed by atoms with Gasteiger partial charge in [0, 0.05) is 23.7 Å². The van der Waals surface area contributed by atoms with Crippen molar-refractivity contribution in [3.8, 4) is 11.3 Å². The Morgan fingerprint density at radius 1 is 1.12 bits per heavy atom. The minimum Gasteiger partial charge on any atom is -0.478 e. The molecule has 1 aliphatic heterocycles. The van der Waals surface area contributed by atoms with Crippen LogP contribution in [0.3, 0.4) is 0 Å². The summed E-state index contributed by atoms with van der Waals surface area (Å²) in [5.41, 5.74) is 2.99. The summed E-state index contributed by atoms with van der Waals surface area (Å²) in [7, 11) is 0. The van der Waals surface area contributed by atoms with Gasteiger partial charge in [-0.05, 0) is 51.9 Å². The molecule has 1 fully saturated rings. The summed E-state index contributed by atoms with van der Waals surface area (Å²) in [5, 5.41) is 8.95.